The van der Waals surface area contributed by atoms with E-state index in [1.165, 1.54) is 37.6 Å². The Kier molecular flexibility index (Phi) is 4.94. The first kappa shape index (κ1) is 16.5. The number of halogens is 3. The van der Waals surface area contributed by atoms with Crippen LogP contribution in [0.15, 0.2) is 33.9 Å². The number of amides is 1. The van der Waals surface area contributed by atoms with E-state index >= 15 is 0 Å². The van der Waals surface area contributed by atoms with Crippen molar-refractivity contribution in [3.8, 4) is 11.4 Å². The van der Waals surface area contributed by atoms with Crippen molar-refractivity contribution in [2.75, 3.05) is 13.7 Å². The largest absolute Gasteiger partial charge is 0.471 e. The van der Waals surface area contributed by atoms with Crippen molar-refractivity contribution in [1.29, 1.82) is 0 Å². The van der Waals surface area contributed by atoms with E-state index in [2.05, 4.69) is 30.0 Å². The standard InChI is InChI=1S/C13H11F3N4O3/c1-22-18-7-6-17-11(21)9-4-2-8(3-5-9)10-19-12(23-20-10)13(14,15)16/h2-5,7H,6H2,1H3,(H,17,21)/b18-7+. The molecule has 0 aliphatic carbocycles. The third-order valence-corrected chi connectivity index (χ3v) is 2.61. The van der Waals surface area contributed by atoms with Crippen molar-refractivity contribution < 1.29 is 27.3 Å². The van der Waals surface area contributed by atoms with Gasteiger partial charge in [-0.1, -0.05) is 22.4 Å². The highest BCUT2D eigenvalue weighted by atomic mass is 19.4. The third-order valence-electron chi connectivity index (χ3n) is 2.61. The molecule has 0 spiro atoms. The summed E-state index contributed by atoms with van der Waals surface area (Å²) in [5.74, 6) is -2.01. The first-order valence-electron chi connectivity index (χ1n) is 6.26. The van der Waals surface area contributed by atoms with Crippen molar-refractivity contribution in [2.45, 2.75) is 6.18 Å². The molecule has 1 aromatic carbocycles. The van der Waals surface area contributed by atoms with Gasteiger partial charge >= 0.3 is 12.1 Å². The maximum atomic E-state index is 12.4. The van der Waals surface area contributed by atoms with E-state index in [1.54, 1.807) is 0 Å². The van der Waals surface area contributed by atoms with Gasteiger partial charge in [0, 0.05) is 11.1 Å². The lowest BCUT2D eigenvalue weighted by molar-refractivity contribution is -0.159. The number of alkyl halides is 3. The molecule has 122 valence electrons. The summed E-state index contributed by atoms with van der Waals surface area (Å²) in [6.07, 6.45) is -3.33. The van der Waals surface area contributed by atoms with Gasteiger partial charge in [0.15, 0.2) is 0 Å². The average Bonchev–Trinajstić information content (AvgIpc) is 3.02. The molecule has 2 rings (SSSR count). The number of carbonyl (C=O) groups is 1. The maximum absolute atomic E-state index is 12.4. The van der Waals surface area contributed by atoms with Crippen molar-refractivity contribution in [3.63, 3.8) is 0 Å². The zero-order valence-corrected chi connectivity index (χ0v) is 11.8. The molecule has 2 aromatic rings. The number of carbonyl (C=O) groups excluding carboxylic acids is 1. The van der Waals surface area contributed by atoms with Crippen LogP contribution in [0.1, 0.15) is 16.2 Å². The predicted molar refractivity (Wildman–Crippen MR) is 72.6 cm³/mol. The van der Waals surface area contributed by atoms with Crippen LogP contribution in [0.3, 0.4) is 0 Å². The number of aromatic nitrogens is 2. The van der Waals surface area contributed by atoms with E-state index in [4.69, 9.17) is 0 Å². The third kappa shape index (κ3) is 4.28. The fourth-order valence-electron chi connectivity index (χ4n) is 1.58. The number of nitrogens with one attached hydrogen (secondary N) is 1. The fourth-order valence-corrected chi connectivity index (χ4v) is 1.58. The molecule has 10 heteroatoms. The molecule has 7 nitrogen and oxygen atoms in total. The highest BCUT2D eigenvalue weighted by Gasteiger charge is 2.38. The lowest BCUT2D eigenvalue weighted by atomic mass is 10.1. The summed E-state index contributed by atoms with van der Waals surface area (Å²) in [4.78, 5) is 19.5. The molecule has 1 N–H and O–H groups in total. The fraction of sp³-hybridized carbons (Fsp3) is 0.231. The van der Waals surface area contributed by atoms with E-state index in [0.29, 0.717) is 11.1 Å². The quantitative estimate of drug-likeness (QED) is 0.671. The summed E-state index contributed by atoms with van der Waals surface area (Å²) in [5, 5.41) is 9.26. The molecule has 1 aromatic heterocycles. The van der Waals surface area contributed by atoms with Gasteiger partial charge in [-0.15, -0.1) is 0 Å². The molecule has 1 amide bonds. The Hall–Kier alpha value is -2.91. The van der Waals surface area contributed by atoms with E-state index in [9.17, 15) is 18.0 Å². The summed E-state index contributed by atoms with van der Waals surface area (Å²) in [7, 11) is 1.37. The van der Waals surface area contributed by atoms with Crippen LogP contribution >= 0.6 is 0 Å². The van der Waals surface area contributed by atoms with Gasteiger partial charge in [0.1, 0.15) is 7.11 Å². The Balaban J connectivity index is 2.06. The average molecular weight is 328 g/mol. The number of nitrogens with zero attached hydrogens (tertiary/aromatic N) is 3. The van der Waals surface area contributed by atoms with Crippen LogP contribution in [-0.4, -0.2) is 35.9 Å². The van der Waals surface area contributed by atoms with Crippen LogP contribution in [-0.2, 0) is 11.0 Å². The summed E-state index contributed by atoms with van der Waals surface area (Å²) >= 11 is 0. The van der Waals surface area contributed by atoms with E-state index in [1.807, 2.05) is 0 Å². The van der Waals surface area contributed by atoms with Crippen molar-refractivity contribution >= 4 is 12.1 Å². The highest BCUT2D eigenvalue weighted by Crippen LogP contribution is 2.29. The number of benzene rings is 1. The van der Waals surface area contributed by atoms with Crippen molar-refractivity contribution in [1.82, 2.24) is 15.5 Å². The molecule has 0 saturated carbocycles. The Morgan fingerprint density at radius 1 is 1.39 bits per heavy atom. The smallest absolute Gasteiger partial charge is 0.399 e. The normalized spacial score (nSPS) is 11.7. The SMILES string of the molecule is CO/N=C/CNC(=O)c1ccc(-c2noc(C(F)(F)F)n2)cc1. The second-order valence-corrected chi connectivity index (χ2v) is 4.18. The van der Waals surface area contributed by atoms with Crippen LogP contribution in [0.4, 0.5) is 13.2 Å². The highest BCUT2D eigenvalue weighted by molar-refractivity contribution is 5.95. The summed E-state index contributed by atoms with van der Waals surface area (Å²) in [6, 6.07) is 5.70. The molecule has 0 aliphatic heterocycles. The van der Waals surface area contributed by atoms with E-state index < -0.39 is 12.1 Å². The van der Waals surface area contributed by atoms with Crippen LogP contribution in [0.2, 0.25) is 0 Å². The van der Waals surface area contributed by atoms with Crippen LogP contribution in [0.25, 0.3) is 11.4 Å². The molecule has 1 heterocycles. The summed E-state index contributed by atoms with van der Waals surface area (Å²) in [5.41, 5.74) is 0.612. The minimum Gasteiger partial charge on any atom is -0.399 e. The van der Waals surface area contributed by atoms with Gasteiger partial charge in [-0.25, -0.2) is 0 Å². The molecule has 0 atom stereocenters. The van der Waals surface area contributed by atoms with Gasteiger partial charge in [-0.2, -0.15) is 18.2 Å². The molecule has 0 radical (unpaired) electrons. The molecule has 0 aliphatic rings. The number of hydrogen-bond acceptors (Lipinski definition) is 6. The van der Waals surface area contributed by atoms with Gasteiger partial charge < -0.3 is 14.7 Å². The lowest BCUT2D eigenvalue weighted by Crippen LogP contribution is -2.25. The van der Waals surface area contributed by atoms with Crippen molar-refractivity contribution in [3.05, 3.63) is 35.7 Å². The van der Waals surface area contributed by atoms with Gasteiger partial charge in [0.2, 0.25) is 5.82 Å². The van der Waals surface area contributed by atoms with Crippen LogP contribution in [0, 0.1) is 0 Å². The van der Waals surface area contributed by atoms with Gasteiger partial charge in [0.25, 0.3) is 5.91 Å². The van der Waals surface area contributed by atoms with Crippen LogP contribution in [0.5, 0.6) is 0 Å². The topological polar surface area (TPSA) is 89.6 Å². The molecule has 0 unspecified atom stereocenters. The van der Waals surface area contributed by atoms with E-state index in [-0.39, 0.29) is 18.3 Å². The Labute approximate surface area is 128 Å². The van der Waals surface area contributed by atoms with E-state index in [0.717, 1.165) is 0 Å². The molecular weight excluding hydrogens is 317 g/mol. The lowest BCUT2D eigenvalue weighted by Gasteiger charge is -2.02. The summed E-state index contributed by atoms with van der Waals surface area (Å²) in [6.45, 7) is 0.175. The molecular formula is C13H11F3N4O3. The minimum absolute atomic E-state index is 0.175. The Bertz CT molecular complexity index is 695. The number of hydrogen-bond donors (Lipinski definition) is 1. The monoisotopic (exact) mass is 328 g/mol. The first-order valence-corrected chi connectivity index (χ1v) is 6.26. The molecule has 23 heavy (non-hydrogen) atoms. The van der Waals surface area contributed by atoms with Crippen LogP contribution < -0.4 is 5.32 Å². The van der Waals surface area contributed by atoms with Gasteiger partial charge in [-0.3, -0.25) is 4.79 Å². The zero-order valence-electron chi connectivity index (χ0n) is 11.8. The minimum atomic E-state index is -4.70. The Morgan fingerprint density at radius 2 is 2.09 bits per heavy atom. The summed E-state index contributed by atoms with van der Waals surface area (Å²) < 4.78 is 41.3. The molecule has 0 saturated heterocycles. The second-order valence-electron chi connectivity index (χ2n) is 4.18. The number of oxime groups is 1. The zero-order chi connectivity index (χ0) is 16.9. The molecule has 0 bridgehead atoms. The second kappa shape index (κ2) is 6.90. The van der Waals surface area contributed by atoms with Crippen molar-refractivity contribution in [2.24, 2.45) is 5.16 Å². The first-order chi connectivity index (χ1) is 10.9. The van der Waals surface area contributed by atoms with Gasteiger partial charge in [0.05, 0.1) is 12.8 Å². The molecule has 0 fully saturated rings. The Morgan fingerprint density at radius 3 is 2.65 bits per heavy atom. The van der Waals surface area contributed by atoms with Gasteiger partial charge in [-0.05, 0) is 12.1 Å². The maximum Gasteiger partial charge on any atom is 0.471 e. The number of rotatable bonds is 5. The predicted octanol–water partition coefficient (Wildman–Crippen LogP) is 2.12.